The van der Waals surface area contributed by atoms with Gasteiger partial charge in [0.05, 0.1) is 12.8 Å². The molecule has 20 heavy (non-hydrogen) atoms. The molecule has 5 heteroatoms. The van der Waals surface area contributed by atoms with E-state index in [0.29, 0.717) is 12.1 Å². The Morgan fingerprint density at radius 2 is 1.95 bits per heavy atom. The van der Waals surface area contributed by atoms with Gasteiger partial charge < -0.3 is 9.73 Å². The molecule has 2 rings (SSSR count). The number of nitrogens with one attached hydrogen (secondary N) is 2. The maximum absolute atomic E-state index is 12.1. The fraction of sp³-hybridized carbons (Fsp3) is 0.200. The quantitative estimate of drug-likeness (QED) is 0.853. The number of benzene rings is 1. The molecule has 0 unspecified atom stereocenters. The molecule has 0 aliphatic carbocycles. The van der Waals surface area contributed by atoms with Crippen molar-refractivity contribution in [3.63, 3.8) is 0 Å². The van der Waals surface area contributed by atoms with E-state index in [1.807, 2.05) is 38.1 Å². The maximum atomic E-state index is 12.1. The van der Waals surface area contributed by atoms with Crippen LogP contribution in [0, 0.1) is 13.8 Å². The molecule has 104 valence electrons. The number of amides is 1. The fourth-order valence-electron chi connectivity index (χ4n) is 1.91. The van der Waals surface area contributed by atoms with Gasteiger partial charge in [-0.3, -0.25) is 10.1 Å². The molecule has 0 atom stereocenters. The maximum Gasteiger partial charge on any atom is 0.257 e. The molecular weight excluding hydrogens is 272 g/mol. The second-order valence-electron chi connectivity index (χ2n) is 4.59. The van der Waals surface area contributed by atoms with Crippen molar-refractivity contribution < 1.29 is 9.21 Å². The van der Waals surface area contributed by atoms with Gasteiger partial charge in [-0.05, 0) is 50.3 Å². The second kappa shape index (κ2) is 6.34. The van der Waals surface area contributed by atoms with Crippen LogP contribution in [-0.2, 0) is 6.54 Å². The zero-order chi connectivity index (χ0) is 14.5. The van der Waals surface area contributed by atoms with Crippen LogP contribution >= 0.6 is 12.2 Å². The molecule has 2 N–H and O–H groups in total. The summed E-state index contributed by atoms with van der Waals surface area (Å²) < 4.78 is 5.17. The molecule has 1 aromatic carbocycles. The average Bonchev–Trinajstić information content (AvgIpc) is 2.88. The molecule has 0 aliphatic rings. The topological polar surface area (TPSA) is 54.3 Å². The monoisotopic (exact) mass is 288 g/mol. The molecule has 1 aromatic heterocycles. The smallest absolute Gasteiger partial charge is 0.257 e. The standard InChI is InChI=1S/C15H16N2O2S/c1-10-6-11(2)8-12(7-10)14(18)17-15(20)16-9-13-4-3-5-19-13/h3-8H,9H2,1-2H3,(H2,16,17,18,20). The second-order valence-corrected chi connectivity index (χ2v) is 5.00. The first-order chi connectivity index (χ1) is 9.54. The number of hydrogen-bond acceptors (Lipinski definition) is 3. The lowest BCUT2D eigenvalue weighted by Gasteiger charge is -2.09. The summed E-state index contributed by atoms with van der Waals surface area (Å²) in [4.78, 5) is 12.1. The summed E-state index contributed by atoms with van der Waals surface area (Å²) in [5.74, 6) is 0.543. The Bertz CT molecular complexity index is 601. The Kier molecular flexibility index (Phi) is 4.53. The third-order valence-electron chi connectivity index (χ3n) is 2.71. The van der Waals surface area contributed by atoms with Gasteiger partial charge >= 0.3 is 0 Å². The lowest BCUT2D eigenvalue weighted by atomic mass is 10.1. The van der Waals surface area contributed by atoms with Crippen molar-refractivity contribution in [2.24, 2.45) is 0 Å². The van der Waals surface area contributed by atoms with Gasteiger partial charge in [0.15, 0.2) is 5.11 Å². The molecule has 0 saturated carbocycles. The van der Waals surface area contributed by atoms with E-state index < -0.39 is 0 Å². The van der Waals surface area contributed by atoms with Gasteiger partial charge in [-0.2, -0.15) is 0 Å². The molecule has 2 aromatic rings. The highest BCUT2D eigenvalue weighted by Crippen LogP contribution is 2.08. The van der Waals surface area contributed by atoms with Crippen molar-refractivity contribution in [3.05, 3.63) is 59.0 Å². The number of carbonyl (C=O) groups excluding carboxylic acids is 1. The van der Waals surface area contributed by atoms with Crippen molar-refractivity contribution in [1.82, 2.24) is 10.6 Å². The summed E-state index contributed by atoms with van der Waals surface area (Å²) in [7, 11) is 0. The predicted molar refractivity (Wildman–Crippen MR) is 81.5 cm³/mol. The van der Waals surface area contributed by atoms with E-state index in [-0.39, 0.29) is 11.0 Å². The van der Waals surface area contributed by atoms with Crippen molar-refractivity contribution >= 4 is 23.2 Å². The van der Waals surface area contributed by atoms with Gasteiger partial charge in [0.25, 0.3) is 5.91 Å². The molecule has 0 fully saturated rings. The number of hydrogen-bond donors (Lipinski definition) is 2. The van der Waals surface area contributed by atoms with E-state index in [0.717, 1.165) is 16.9 Å². The fourth-order valence-corrected chi connectivity index (χ4v) is 2.07. The highest BCUT2D eigenvalue weighted by molar-refractivity contribution is 7.80. The third-order valence-corrected chi connectivity index (χ3v) is 2.96. The van der Waals surface area contributed by atoms with E-state index in [2.05, 4.69) is 10.6 Å². The van der Waals surface area contributed by atoms with Crippen LogP contribution in [0.3, 0.4) is 0 Å². The molecule has 0 aliphatic heterocycles. The molecule has 4 nitrogen and oxygen atoms in total. The molecule has 0 radical (unpaired) electrons. The first-order valence-corrected chi connectivity index (χ1v) is 6.65. The average molecular weight is 288 g/mol. The summed E-state index contributed by atoms with van der Waals surface area (Å²) in [6.45, 7) is 4.35. The summed E-state index contributed by atoms with van der Waals surface area (Å²) in [5.41, 5.74) is 2.69. The van der Waals surface area contributed by atoms with E-state index in [9.17, 15) is 4.79 Å². The zero-order valence-electron chi connectivity index (χ0n) is 11.4. The van der Waals surface area contributed by atoms with Crippen LogP contribution in [-0.4, -0.2) is 11.0 Å². The molecule has 1 heterocycles. The van der Waals surface area contributed by atoms with E-state index in [4.69, 9.17) is 16.6 Å². The summed E-state index contributed by atoms with van der Waals surface area (Å²) in [6.07, 6.45) is 1.59. The highest BCUT2D eigenvalue weighted by atomic mass is 32.1. The zero-order valence-corrected chi connectivity index (χ0v) is 12.2. The normalized spacial score (nSPS) is 10.1. The van der Waals surface area contributed by atoms with Gasteiger partial charge in [0.1, 0.15) is 5.76 Å². The van der Waals surface area contributed by atoms with Crippen LogP contribution in [0.15, 0.2) is 41.0 Å². The van der Waals surface area contributed by atoms with Crippen LogP contribution < -0.4 is 10.6 Å². The number of thiocarbonyl (C=S) groups is 1. The molecule has 0 bridgehead atoms. The van der Waals surface area contributed by atoms with Crippen LogP contribution in [0.25, 0.3) is 0 Å². The van der Waals surface area contributed by atoms with Gasteiger partial charge in [-0.15, -0.1) is 0 Å². The summed E-state index contributed by atoms with van der Waals surface area (Å²) >= 11 is 5.08. The predicted octanol–water partition coefficient (Wildman–Crippen LogP) is 2.70. The Morgan fingerprint density at radius 1 is 1.25 bits per heavy atom. The molecular formula is C15H16N2O2S. The van der Waals surface area contributed by atoms with Crippen molar-refractivity contribution in [3.8, 4) is 0 Å². The van der Waals surface area contributed by atoms with Crippen molar-refractivity contribution in [1.29, 1.82) is 0 Å². The summed E-state index contributed by atoms with van der Waals surface area (Å²) in [5, 5.41) is 5.86. The van der Waals surface area contributed by atoms with E-state index in [1.54, 1.807) is 12.3 Å². The van der Waals surface area contributed by atoms with Crippen molar-refractivity contribution in [2.75, 3.05) is 0 Å². The minimum Gasteiger partial charge on any atom is -0.467 e. The number of aryl methyl sites for hydroxylation is 2. The van der Waals surface area contributed by atoms with E-state index in [1.165, 1.54) is 0 Å². The Labute approximate surface area is 123 Å². The first kappa shape index (κ1) is 14.3. The third kappa shape index (κ3) is 3.93. The minimum atomic E-state index is -0.214. The molecule has 0 spiro atoms. The van der Waals surface area contributed by atoms with Gasteiger partial charge in [0.2, 0.25) is 0 Å². The number of furan rings is 1. The van der Waals surface area contributed by atoms with E-state index >= 15 is 0 Å². The number of carbonyl (C=O) groups is 1. The number of rotatable bonds is 3. The summed E-state index contributed by atoms with van der Waals surface area (Å²) in [6, 6.07) is 9.31. The van der Waals surface area contributed by atoms with Crippen molar-refractivity contribution in [2.45, 2.75) is 20.4 Å². The van der Waals surface area contributed by atoms with Gasteiger partial charge in [-0.25, -0.2) is 0 Å². The lowest BCUT2D eigenvalue weighted by Crippen LogP contribution is -2.38. The Morgan fingerprint density at radius 3 is 2.55 bits per heavy atom. The molecule has 0 saturated heterocycles. The van der Waals surface area contributed by atoms with Crippen LogP contribution in [0.5, 0.6) is 0 Å². The first-order valence-electron chi connectivity index (χ1n) is 6.24. The minimum absolute atomic E-state index is 0.214. The van der Waals surface area contributed by atoms with Crippen LogP contribution in [0.2, 0.25) is 0 Å². The SMILES string of the molecule is Cc1cc(C)cc(C(=O)NC(=S)NCc2ccco2)c1. The molecule has 1 amide bonds. The Hall–Kier alpha value is -2.14. The lowest BCUT2D eigenvalue weighted by molar-refractivity contribution is 0.0976. The van der Waals surface area contributed by atoms with Crippen LogP contribution in [0.1, 0.15) is 27.2 Å². The Balaban J connectivity index is 1.91. The van der Waals surface area contributed by atoms with Gasteiger partial charge in [-0.1, -0.05) is 17.2 Å². The van der Waals surface area contributed by atoms with Crippen LogP contribution in [0.4, 0.5) is 0 Å². The largest absolute Gasteiger partial charge is 0.467 e. The van der Waals surface area contributed by atoms with Gasteiger partial charge in [0, 0.05) is 5.56 Å². The highest BCUT2D eigenvalue weighted by Gasteiger charge is 2.09.